The average molecular weight is 399 g/mol. The Balaban J connectivity index is 1.62. The van der Waals surface area contributed by atoms with E-state index >= 15 is 0 Å². The van der Waals surface area contributed by atoms with E-state index < -0.39 is 10.0 Å². The molecular formula is C22H26N2O3S. The summed E-state index contributed by atoms with van der Waals surface area (Å²) < 4.78 is 29.0. The van der Waals surface area contributed by atoms with Crippen molar-refractivity contribution < 1.29 is 13.2 Å². The van der Waals surface area contributed by atoms with E-state index in [1.54, 1.807) is 23.1 Å². The van der Waals surface area contributed by atoms with E-state index in [0.29, 0.717) is 12.8 Å². The lowest BCUT2D eigenvalue weighted by molar-refractivity contribution is -0.118. The van der Waals surface area contributed by atoms with Crippen LogP contribution >= 0.6 is 0 Å². The number of amides is 1. The van der Waals surface area contributed by atoms with Gasteiger partial charge >= 0.3 is 0 Å². The fourth-order valence-electron chi connectivity index (χ4n) is 4.46. The number of carbonyl (C=O) groups excluding carboxylic acids is 1. The molecule has 5 nitrogen and oxygen atoms in total. The van der Waals surface area contributed by atoms with Gasteiger partial charge in [0.05, 0.1) is 4.90 Å². The molecule has 0 aromatic heterocycles. The number of nitrogens with one attached hydrogen (secondary N) is 1. The highest BCUT2D eigenvalue weighted by molar-refractivity contribution is 7.89. The van der Waals surface area contributed by atoms with Gasteiger partial charge < -0.3 is 4.90 Å². The van der Waals surface area contributed by atoms with Crippen LogP contribution in [0.4, 0.5) is 5.69 Å². The Morgan fingerprint density at radius 2 is 1.96 bits per heavy atom. The molecule has 4 rings (SSSR count). The quantitative estimate of drug-likeness (QED) is 0.853. The molecule has 6 heteroatoms. The molecule has 0 radical (unpaired) electrons. The van der Waals surface area contributed by atoms with E-state index in [1.807, 2.05) is 32.0 Å². The summed E-state index contributed by atoms with van der Waals surface area (Å²) in [4.78, 5) is 14.3. The second-order valence-corrected chi connectivity index (χ2v) is 9.44. The van der Waals surface area contributed by atoms with Crippen molar-refractivity contribution in [3.63, 3.8) is 0 Å². The molecule has 0 unspecified atom stereocenters. The molecule has 28 heavy (non-hydrogen) atoms. The first-order valence-corrected chi connectivity index (χ1v) is 11.4. The summed E-state index contributed by atoms with van der Waals surface area (Å²) in [6.45, 7) is 3.84. The van der Waals surface area contributed by atoms with Gasteiger partial charge in [-0.2, -0.15) is 0 Å². The molecule has 0 fully saturated rings. The Labute approximate surface area is 166 Å². The lowest BCUT2D eigenvalue weighted by atomic mass is 9.88. The lowest BCUT2D eigenvalue weighted by Crippen LogP contribution is -2.35. The minimum atomic E-state index is -3.64. The minimum absolute atomic E-state index is 0.0542. The Bertz CT molecular complexity index is 1020. The molecule has 0 saturated carbocycles. The molecular weight excluding hydrogens is 372 g/mol. The second kappa shape index (κ2) is 7.33. The van der Waals surface area contributed by atoms with Gasteiger partial charge in [0, 0.05) is 24.2 Å². The van der Waals surface area contributed by atoms with Gasteiger partial charge in [-0.3, -0.25) is 4.79 Å². The predicted molar refractivity (Wildman–Crippen MR) is 110 cm³/mol. The Morgan fingerprint density at radius 1 is 1.18 bits per heavy atom. The van der Waals surface area contributed by atoms with E-state index in [4.69, 9.17) is 0 Å². The van der Waals surface area contributed by atoms with E-state index in [0.717, 1.165) is 36.1 Å². The average Bonchev–Trinajstić information content (AvgIpc) is 3.02. The molecule has 148 valence electrons. The number of hydrogen-bond acceptors (Lipinski definition) is 3. The summed E-state index contributed by atoms with van der Waals surface area (Å²) in [6.07, 6.45) is 3.88. The first-order valence-electron chi connectivity index (χ1n) is 9.96. The standard InChI is InChI=1S/C22H26N2O3S/c1-3-22(25)24-15(2)13-17-14-18(11-12-21(17)24)28(26,27)23-20-10-6-8-16-7-4-5-9-19(16)20/h4-5,7,9,11-12,14-15,20,23H,3,6,8,10,13H2,1-2H3/t15-,20+/m1/s1. The van der Waals surface area contributed by atoms with Crippen LogP contribution < -0.4 is 9.62 Å². The largest absolute Gasteiger partial charge is 0.309 e. The third-order valence-electron chi connectivity index (χ3n) is 5.81. The highest BCUT2D eigenvalue weighted by atomic mass is 32.2. The van der Waals surface area contributed by atoms with Crippen LogP contribution in [-0.2, 0) is 27.7 Å². The number of nitrogens with zero attached hydrogens (tertiary/aromatic N) is 1. The van der Waals surface area contributed by atoms with Gasteiger partial charge in [-0.15, -0.1) is 0 Å². The van der Waals surface area contributed by atoms with Crippen LogP contribution in [0.3, 0.4) is 0 Å². The maximum Gasteiger partial charge on any atom is 0.241 e. The lowest BCUT2D eigenvalue weighted by Gasteiger charge is -2.26. The summed E-state index contributed by atoms with van der Waals surface area (Å²) in [6, 6.07) is 13.0. The van der Waals surface area contributed by atoms with Crippen LogP contribution in [0.15, 0.2) is 47.4 Å². The summed E-state index contributed by atoms with van der Waals surface area (Å²) in [7, 11) is -3.64. The normalized spacial score (nSPS) is 21.3. The zero-order chi connectivity index (χ0) is 19.9. The van der Waals surface area contributed by atoms with Crippen molar-refractivity contribution in [2.75, 3.05) is 4.90 Å². The number of aryl methyl sites for hydroxylation is 1. The second-order valence-electron chi connectivity index (χ2n) is 7.73. The monoisotopic (exact) mass is 398 g/mol. The van der Waals surface area contributed by atoms with Gasteiger partial charge in [-0.05, 0) is 67.5 Å². The van der Waals surface area contributed by atoms with Crippen LogP contribution in [0.25, 0.3) is 0 Å². The third-order valence-corrected chi connectivity index (χ3v) is 7.28. The molecule has 0 spiro atoms. The fourth-order valence-corrected chi connectivity index (χ4v) is 5.76. The molecule has 0 saturated heterocycles. The van der Waals surface area contributed by atoms with Gasteiger partial charge in [0.1, 0.15) is 0 Å². The van der Waals surface area contributed by atoms with Crippen LogP contribution in [0.1, 0.15) is 55.8 Å². The predicted octanol–water partition coefficient (Wildman–Crippen LogP) is 3.73. The van der Waals surface area contributed by atoms with Crippen molar-refractivity contribution in [3.8, 4) is 0 Å². The van der Waals surface area contributed by atoms with Crippen molar-refractivity contribution in [1.82, 2.24) is 4.72 Å². The molecule has 1 amide bonds. The van der Waals surface area contributed by atoms with Gasteiger partial charge in [0.2, 0.25) is 15.9 Å². The van der Waals surface area contributed by atoms with Gasteiger partial charge in [0.25, 0.3) is 0 Å². The fraction of sp³-hybridized carbons (Fsp3) is 0.409. The molecule has 1 aliphatic heterocycles. The van der Waals surface area contributed by atoms with Gasteiger partial charge in [0.15, 0.2) is 0 Å². The molecule has 2 atom stereocenters. The number of sulfonamides is 1. The van der Waals surface area contributed by atoms with Crippen molar-refractivity contribution in [1.29, 1.82) is 0 Å². The Morgan fingerprint density at radius 3 is 2.75 bits per heavy atom. The van der Waals surface area contributed by atoms with E-state index in [-0.39, 0.29) is 22.9 Å². The van der Waals surface area contributed by atoms with Crippen LogP contribution in [0, 0.1) is 0 Å². The van der Waals surface area contributed by atoms with Crippen molar-refractivity contribution in [3.05, 3.63) is 59.2 Å². The maximum atomic E-state index is 13.1. The number of fused-ring (bicyclic) bond motifs is 2. The molecule has 2 aromatic rings. The number of rotatable bonds is 4. The number of carbonyl (C=O) groups is 1. The van der Waals surface area contributed by atoms with Crippen molar-refractivity contribution in [2.45, 2.75) is 62.9 Å². The van der Waals surface area contributed by atoms with E-state index in [2.05, 4.69) is 10.8 Å². The highest BCUT2D eigenvalue weighted by Crippen LogP contribution is 2.35. The topological polar surface area (TPSA) is 66.5 Å². The highest BCUT2D eigenvalue weighted by Gasteiger charge is 2.32. The Hall–Kier alpha value is -2.18. The summed E-state index contributed by atoms with van der Waals surface area (Å²) in [5.74, 6) is 0.0683. The van der Waals surface area contributed by atoms with Crippen LogP contribution in [-0.4, -0.2) is 20.4 Å². The first-order chi connectivity index (χ1) is 13.4. The molecule has 1 N–H and O–H groups in total. The molecule has 1 heterocycles. The van der Waals surface area contributed by atoms with Crippen LogP contribution in [0.5, 0.6) is 0 Å². The maximum absolute atomic E-state index is 13.1. The molecule has 2 aromatic carbocycles. The SMILES string of the molecule is CCC(=O)N1c2ccc(S(=O)(=O)N[C@H]3CCCc4ccccc43)cc2C[C@H]1C. The summed E-state index contributed by atoms with van der Waals surface area (Å²) in [5.41, 5.74) is 4.05. The van der Waals surface area contributed by atoms with Crippen molar-refractivity contribution >= 4 is 21.6 Å². The Kier molecular flexibility index (Phi) is 5.02. The smallest absolute Gasteiger partial charge is 0.241 e. The molecule has 0 bridgehead atoms. The number of hydrogen-bond donors (Lipinski definition) is 1. The van der Waals surface area contributed by atoms with E-state index in [1.165, 1.54) is 5.56 Å². The van der Waals surface area contributed by atoms with Crippen LogP contribution in [0.2, 0.25) is 0 Å². The van der Waals surface area contributed by atoms with Crippen molar-refractivity contribution in [2.24, 2.45) is 0 Å². The number of benzene rings is 2. The van der Waals surface area contributed by atoms with E-state index in [9.17, 15) is 13.2 Å². The summed E-state index contributed by atoms with van der Waals surface area (Å²) >= 11 is 0. The van der Waals surface area contributed by atoms with Gasteiger partial charge in [-0.25, -0.2) is 13.1 Å². The number of anilines is 1. The third kappa shape index (κ3) is 3.35. The minimum Gasteiger partial charge on any atom is -0.309 e. The molecule has 1 aliphatic carbocycles. The molecule has 2 aliphatic rings. The zero-order valence-corrected chi connectivity index (χ0v) is 17.1. The summed E-state index contributed by atoms with van der Waals surface area (Å²) in [5, 5.41) is 0. The zero-order valence-electron chi connectivity index (χ0n) is 16.3. The van der Waals surface area contributed by atoms with Gasteiger partial charge in [-0.1, -0.05) is 31.2 Å². The first kappa shape index (κ1) is 19.2.